The smallest absolute Gasteiger partial charge is 0.272 e. The van der Waals surface area contributed by atoms with Gasteiger partial charge in [-0.2, -0.15) is 5.10 Å². The van der Waals surface area contributed by atoms with Crippen molar-refractivity contribution < 1.29 is 4.79 Å². The van der Waals surface area contributed by atoms with Crippen molar-refractivity contribution in [2.45, 2.75) is 6.92 Å². The zero-order valence-electron chi connectivity index (χ0n) is 11.8. The summed E-state index contributed by atoms with van der Waals surface area (Å²) in [4.78, 5) is 16.5. The number of carbonyl (C=O) groups excluding carboxylic acids is 1. The summed E-state index contributed by atoms with van der Waals surface area (Å²) in [5.41, 5.74) is 2.58. The molecule has 0 spiro atoms. The topological polar surface area (TPSA) is 52.2 Å². The number of nitrogens with one attached hydrogen (secondary N) is 1. The highest BCUT2D eigenvalue weighted by molar-refractivity contribution is 6.30. The molecule has 6 heteroatoms. The van der Waals surface area contributed by atoms with Gasteiger partial charge in [0.15, 0.2) is 0 Å². The van der Waals surface area contributed by atoms with Crippen molar-refractivity contribution in [1.82, 2.24) is 15.1 Å². The number of carbonyl (C=O) groups is 1. The van der Waals surface area contributed by atoms with Gasteiger partial charge in [-0.3, -0.25) is 9.89 Å². The average Bonchev–Trinajstić information content (AvgIpc) is 2.93. The molecule has 0 saturated carbocycles. The largest absolute Gasteiger partial charge is 0.368 e. The van der Waals surface area contributed by atoms with E-state index in [4.69, 9.17) is 11.6 Å². The van der Waals surface area contributed by atoms with Crippen molar-refractivity contribution in [2.75, 3.05) is 31.1 Å². The van der Waals surface area contributed by atoms with E-state index in [-0.39, 0.29) is 5.91 Å². The van der Waals surface area contributed by atoms with Gasteiger partial charge in [-0.1, -0.05) is 17.7 Å². The molecule has 1 fully saturated rings. The van der Waals surface area contributed by atoms with Crippen LogP contribution in [0.2, 0.25) is 5.02 Å². The maximum absolute atomic E-state index is 12.4. The van der Waals surface area contributed by atoms with Gasteiger partial charge in [0.1, 0.15) is 5.69 Å². The van der Waals surface area contributed by atoms with E-state index in [1.807, 2.05) is 36.1 Å². The van der Waals surface area contributed by atoms with E-state index in [0.717, 1.165) is 29.4 Å². The predicted octanol–water partition coefficient (Wildman–Crippen LogP) is 2.33. The Hall–Kier alpha value is -2.01. The minimum Gasteiger partial charge on any atom is -0.368 e. The van der Waals surface area contributed by atoms with Crippen LogP contribution in [0.3, 0.4) is 0 Å². The van der Waals surface area contributed by atoms with Crippen LogP contribution in [0.4, 0.5) is 5.69 Å². The van der Waals surface area contributed by atoms with Crippen molar-refractivity contribution >= 4 is 23.2 Å². The number of rotatable bonds is 2. The number of halogens is 1. The molecule has 1 aromatic carbocycles. The van der Waals surface area contributed by atoms with Crippen molar-refractivity contribution in [3.05, 3.63) is 46.7 Å². The standard InChI is InChI=1S/C15H17ClN4O/c1-11-10-17-18-14(11)15(21)20-7-5-19(6-8-20)13-4-2-3-12(16)9-13/h2-4,9-10H,5-8H2,1H3,(H,17,18). The summed E-state index contributed by atoms with van der Waals surface area (Å²) < 4.78 is 0. The number of hydrogen-bond acceptors (Lipinski definition) is 3. The lowest BCUT2D eigenvalue weighted by Crippen LogP contribution is -2.49. The van der Waals surface area contributed by atoms with Crippen molar-refractivity contribution in [1.29, 1.82) is 0 Å². The monoisotopic (exact) mass is 304 g/mol. The molecule has 1 aromatic heterocycles. The van der Waals surface area contributed by atoms with Crippen LogP contribution in [-0.2, 0) is 0 Å². The first-order chi connectivity index (χ1) is 10.1. The van der Waals surface area contributed by atoms with E-state index >= 15 is 0 Å². The fraction of sp³-hybridized carbons (Fsp3) is 0.333. The summed E-state index contributed by atoms with van der Waals surface area (Å²) in [5.74, 6) is 0.0238. The van der Waals surface area contributed by atoms with Crippen LogP contribution < -0.4 is 4.90 Å². The van der Waals surface area contributed by atoms with Gasteiger partial charge in [0.25, 0.3) is 5.91 Å². The summed E-state index contributed by atoms with van der Waals surface area (Å²) in [6.07, 6.45) is 1.68. The normalized spacial score (nSPS) is 15.3. The summed E-state index contributed by atoms with van der Waals surface area (Å²) in [7, 11) is 0. The molecule has 1 aliphatic rings. The number of aromatic amines is 1. The van der Waals surface area contributed by atoms with Gasteiger partial charge in [-0.25, -0.2) is 0 Å². The number of aromatic nitrogens is 2. The third kappa shape index (κ3) is 2.88. The predicted molar refractivity (Wildman–Crippen MR) is 82.9 cm³/mol. The van der Waals surface area contributed by atoms with Gasteiger partial charge in [-0.05, 0) is 30.7 Å². The first-order valence-corrected chi connectivity index (χ1v) is 7.33. The lowest BCUT2D eigenvalue weighted by atomic mass is 10.2. The number of hydrogen-bond donors (Lipinski definition) is 1. The second-order valence-corrected chi connectivity index (χ2v) is 5.62. The van der Waals surface area contributed by atoms with Crippen LogP contribution in [0.5, 0.6) is 0 Å². The number of nitrogens with zero attached hydrogens (tertiary/aromatic N) is 3. The van der Waals surface area contributed by atoms with Crippen LogP contribution in [0, 0.1) is 6.92 Å². The Labute approximate surface area is 128 Å². The van der Waals surface area contributed by atoms with Crippen LogP contribution >= 0.6 is 11.6 Å². The second-order valence-electron chi connectivity index (χ2n) is 5.19. The van der Waals surface area contributed by atoms with Crippen molar-refractivity contribution in [3.63, 3.8) is 0 Å². The maximum Gasteiger partial charge on any atom is 0.272 e. The van der Waals surface area contributed by atoms with Crippen LogP contribution in [0.1, 0.15) is 16.1 Å². The summed E-state index contributed by atoms with van der Waals surface area (Å²) in [6.45, 7) is 4.89. The minimum absolute atomic E-state index is 0.0238. The fourth-order valence-electron chi connectivity index (χ4n) is 2.56. The van der Waals surface area contributed by atoms with Crippen LogP contribution in [-0.4, -0.2) is 47.2 Å². The highest BCUT2D eigenvalue weighted by Gasteiger charge is 2.24. The van der Waals surface area contributed by atoms with Gasteiger partial charge in [0.2, 0.25) is 0 Å². The number of aryl methyl sites for hydroxylation is 1. The van der Waals surface area contributed by atoms with E-state index in [1.54, 1.807) is 6.20 Å². The third-order valence-electron chi connectivity index (χ3n) is 3.78. The lowest BCUT2D eigenvalue weighted by Gasteiger charge is -2.36. The Bertz CT molecular complexity index is 647. The highest BCUT2D eigenvalue weighted by Crippen LogP contribution is 2.21. The molecule has 2 aromatic rings. The molecule has 110 valence electrons. The average molecular weight is 305 g/mol. The molecule has 1 N–H and O–H groups in total. The molecular formula is C15H17ClN4O. The molecule has 0 unspecified atom stereocenters. The lowest BCUT2D eigenvalue weighted by molar-refractivity contribution is 0.0740. The molecule has 1 amide bonds. The molecule has 5 nitrogen and oxygen atoms in total. The summed E-state index contributed by atoms with van der Waals surface area (Å²) in [6, 6.07) is 7.81. The number of piperazine rings is 1. The van der Waals surface area contributed by atoms with Crippen LogP contribution in [0.15, 0.2) is 30.5 Å². The number of benzene rings is 1. The molecule has 1 saturated heterocycles. The van der Waals surface area contributed by atoms with Crippen molar-refractivity contribution in [3.8, 4) is 0 Å². The fourth-order valence-corrected chi connectivity index (χ4v) is 2.75. The van der Waals surface area contributed by atoms with E-state index in [0.29, 0.717) is 18.8 Å². The molecule has 2 heterocycles. The third-order valence-corrected chi connectivity index (χ3v) is 4.02. The second kappa shape index (κ2) is 5.77. The molecule has 0 bridgehead atoms. The Kier molecular flexibility index (Phi) is 3.84. The van der Waals surface area contributed by atoms with Gasteiger partial charge in [-0.15, -0.1) is 0 Å². The van der Waals surface area contributed by atoms with Crippen molar-refractivity contribution in [2.24, 2.45) is 0 Å². The van der Waals surface area contributed by atoms with E-state index < -0.39 is 0 Å². The highest BCUT2D eigenvalue weighted by atomic mass is 35.5. The zero-order chi connectivity index (χ0) is 14.8. The van der Waals surface area contributed by atoms with Crippen LogP contribution in [0.25, 0.3) is 0 Å². The number of amides is 1. The van der Waals surface area contributed by atoms with Gasteiger partial charge >= 0.3 is 0 Å². The molecule has 3 rings (SSSR count). The van der Waals surface area contributed by atoms with E-state index in [2.05, 4.69) is 15.1 Å². The Morgan fingerprint density at radius 3 is 2.67 bits per heavy atom. The molecule has 0 aliphatic carbocycles. The van der Waals surface area contributed by atoms with Gasteiger partial charge in [0.05, 0.1) is 6.20 Å². The minimum atomic E-state index is 0.0238. The Morgan fingerprint density at radius 1 is 1.29 bits per heavy atom. The molecular weight excluding hydrogens is 288 g/mol. The van der Waals surface area contributed by atoms with E-state index in [1.165, 1.54) is 0 Å². The quantitative estimate of drug-likeness (QED) is 0.926. The number of H-pyrrole nitrogens is 1. The van der Waals surface area contributed by atoms with Gasteiger partial charge in [0, 0.05) is 36.9 Å². The SMILES string of the molecule is Cc1cn[nH]c1C(=O)N1CCN(c2cccc(Cl)c2)CC1. The molecule has 0 atom stereocenters. The van der Waals surface area contributed by atoms with Gasteiger partial charge < -0.3 is 9.80 Å². The zero-order valence-corrected chi connectivity index (χ0v) is 12.6. The number of anilines is 1. The first kappa shape index (κ1) is 13.9. The molecule has 21 heavy (non-hydrogen) atoms. The summed E-state index contributed by atoms with van der Waals surface area (Å²) in [5, 5.41) is 7.43. The maximum atomic E-state index is 12.4. The Morgan fingerprint density at radius 2 is 2.05 bits per heavy atom. The molecule has 1 aliphatic heterocycles. The first-order valence-electron chi connectivity index (χ1n) is 6.95. The molecule has 0 radical (unpaired) electrons. The Balaban J connectivity index is 1.65. The van der Waals surface area contributed by atoms with E-state index in [9.17, 15) is 4.79 Å². The summed E-state index contributed by atoms with van der Waals surface area (Å²) >= 11 is 6.03.